The number of aromatic nitrogens is 7. The lowest BCUT2D eigenvalue weighted by Crippen LogP contribution is -2.41. The summed E-state index contributed by atoms with van der Waals surface area (Å²) < 4.78 is 48.7. The Morgan fingerprint density at radius 2 is 1.75 bits per heavy atom. The van der Waals surface area contributed by atoms with Crippen molar-refractivity contribution in [2.45, 2.75) is 102 Å². The summed E-state index contributed by atoms with van der Waals surface area (Å²) in [7, 11) is 0. The van der Waals surface area contributed by atoms with Gasteiger partial charge >= 0.3 is 4.84 Å². The minimum atomic E-state index is -1.09. The number of hydrogen-bond donors (Lipinski definition) is 1. The second-order valence-corrected chi connectivity index (χ2v) is 20.2. The first-order chi connectivity index (χ1) is 33.2. The summed E-state index contributed by atoms with van der Waals surface area (Å²) in [5.74, 6) is 1.29. The van der Waals surface area contributed by atoms with Crippen molar-refractivity contribution in [3.63, 3.8) is 0 Å². The van der Waals surface area contributed by atoms with Gasteiger partial charge < -0.3 is 23.5 Å². The highest BCUT2D eigenvalue weighted by molar-refractivity contribution is 7.71. The molecule has 7 heterocycles. The van der Waals surface area contributed by atoms with Gasteiger partial charge in [0.2, 0.25) is 5.82 Å². The number of ether oxygens (including phenoxy) is 1. The van der Waals surface area contributed by atoms with Crippen molar-refractivity contribution in [1.29, 1.82) is 0 Å². The summed E-state index contributed by atoms with van der Waals surface area (Å²) in [5.41, 5.74) is 4.26. The summed E-state index contributed by atoms with van der Waals surface area (Å²) in [4.78, 5) is 51.1. The molecule has 3 aliphatic heterocycles. The third kappa shape index (κ3) is 6.62. The summed E-state index contributed by atoms with van der Waals surface area (Å²) in [6.07, 6.45) is 9.98. The zero-order chi connectivity index (χ0) is 47.8. The minimum absolute atomic E-state index is 0.0193. The molecule has 3 fully saturated rings. The molecule has 1 saturated heterocycles. The number of carbonyl (C=O) groups is 2. The first kappa shape index (κ1) is 43.3. The van der Waals surface area contributed by atoms with Gasteiger partial charge in [0.05, 0.1) is 51.9 Å². The molecule has 69 heavy (non-hydrogen) atoms. The monoisotopic (exact) mass is 950 g/mol. The molecule has 0 bridgehead atoms. The quantitative estimate of drug-likeness (QED) is 0.0837. The zero-order valence-corrected chi connectivity index (χ0v) is 39.4. The van der Waals surface area contributed by atoms with Crippen LogP contribution in [0.25, 0.3) is 27.5 Å². The van der Waals surface area contributed by atoms with Crippen LogP contribution in [0, 0.1) is 36.2 Å². The number of H-pyrrole nitrogens is 1. The third-order valence-corrected chi connectivity index (χ3v) is 15.1. The molecule has 18 heteroatoms. The Morgan fingerprint density at radius 3 is 2.45 bits per heavy atom. The number of aromatic amines is 1. The lowest BCUT2D eigenvalue weighted by atomic mass is 9.83. The molecule has 352 valence electrons. The van der Waals surface area contributed by atoms with Crippen molar-refractivity contribution in [1.82, 2.24) is 39.2 Å². The maximum Gasteiger partial charge on any atom is 0.314 e. The largest absolute Gasteiger partial charge is 0.376 e. The van der Waals surface area contributed by atoms with Gasteiger partial charge in [0.15, 0.2) is 17.6 Å². The van der Waals surface area contributed by atoms with E-state index in [1.54, 1.807) is 58.9 Å². The molecule has 0 spiro atoms. The molecule has 12 rings (SSSR count). The number of benzene rings is 3. The van der Waals surface area contributed by atoms with Crippen LogP contribution in [0.5, 0.6) is 0 Å². The van der Waals surface area contributed by atoms with Gasteiger partial charge in [-0.1, -0.05) is 6.07 Å². The van der Waals surface area contributed by atoms with E-state index in [0.29, 0.717) is 75.8 Å². The van der Waals surface area contributed by atoms with E-state index >= 15 is 13.6 Å². The van der Waals surface area contributed by atoms with Crippen LogP contribution < -0.4 is 9.80 Å². The van der Waals surface area contributed by atoms with Crippen LogP contribution in [0.4, 0.5) is 20.3 Å². The number of hydrogen-bond acceptors (Lipinski definition) is 11. The number of aryl methyl sites for hydroxylation is 2. The predicted octanol–water partition coefficient (Wildman–Crippen LogP) is 9.32. The molecule has 2 saturated carbocycles. The molecule has 5 aliphatic rings. The van der Waals surface area contributed by atoms with Crippen molar-refractivity contribution >= 4 is 63.7 Å². The molecule has 1 amide bonds. The smallest absolute Gasteiger partial charge is 0.314 e. The van der Waals surface area contributed by atoms with Crippen LogP contribution in [0.3, 0.4) is 0 Å². The Hall–Kier alpha value is -7.01. The summed E-state index contributed by atoms with van der Waals surface area (Å²) in [5, 5.41) is 13.6. The van der Waals surface area contributed by atoms with Crippen molar-refractivity contribution in [3.8, 4) is 5.69 Å². The topological polar surface area (TPSA) is 153 Å². The summed E-state index contributed by atoms with van der Waals surface area (Å²) in [6.45, 7) is 10.4. The fourth-order valence-corrected chi connectivity index (χ4v) is 11.5. The maximum atomic E-state index is 16.6. The fraction of sp³-hybridized carbons (Fsp3) is 0.373. The van der Waals surface area contributed by atoms with Crippen LogP contribution in [0.1, 0.15) is 115 Å². The van der Waals surface area contributed by atoms with Gasteiger partial charge in [0.25, 0.3) is 5.91 Å². The lowest BCUT2D eigenvalue weighted by molar-refractivity contribution is -0.109. The zero-order valence-electron chi connectivity index (χ0n) is 38.6. The number of amides is 1. The van der Waals surface area contributed by atoms with Crippen molar-refractivity contribution in [3.05, 3.63) is 129 Å². The first-order valence-electron chi connectivity index (χ1n) is 23.4. The predicted molar refractivity (Wildman–Crippen MR) is 254 cm³/mol. The van der Waals surface area contributed by atoms with Gasteiger partial charge in [-0.25, -0.2) is 23.4 Å². The van der Waals surface area contributed by atoms with Crippen LogP contribution in [-0.2, 0) is 26.3 Å². The van der Waals surface area contributed by atoms with Crippen LogP contribution in [-0.4, -0.2) is 76.1 Å². The van der Waals surface area contributed by atoms with Crippen LogP contribution >= 0.6 is 12.2 Å². The van der Waals surface area contributed by atoms with E-state index in [2.05, 4.69) is 47.2 Å². The molecule has 7 aromatic rings. The standard InChI is InChI=1S/C51H48F2N10O5S/c1-27-18-35(19-28(2)44(27)52)63-46(60-16-15-59(42(60)26-65)40-11-10-39-36(45(40)53)24-54-62(39)34-7-8-34)43-29(3)58(14-12-37(43)56-63)47(66)41-21-32-20-30(31-13-17-67-50(4,5)22-31)6-9-38(32)61(41)51(23-33(51)25-64)48-55-49(69)68-57-48/h6,9-11,15-16,18-21,24-25,29,31,33-34H,7-8,12-14,17,22-23H2,1-5H3,(H,55,57,69)/t29-,31-,33+,51-/m0/s1. The van der Waals surface area contributed by atoms with Gasteiger partial charge in [-0.2, -0.15) is 15.2 Å². The second-order valence-electron chi connectivity index (χ2n) is 19.8. The van der Waals surface area contributed by atoms with Crippen molar-refractivity contribution < 1.29 is 32.4 Å². The van der Waals surface area contributed by atoms with E-state index in [0.717, 1.165) is 48.4 Å². The summed E-state index contributed by atoms with van der Waals surface area (Å²) in [6, 6.07) is 14.5. The molecular weight excluding hydrogens is 903 g/mol. The number of carbonyl (C=O) groups excluding carboxylic acids is 3. The number of fused-ring (bicyclic) bond motifs is 3. The molecule has 0 unspecified atom stereocenters. The van der Waals surface area contributed by atoms with E-state index in [-0.39, 0.29) is 52.2 Å². The molecule has 15 nitrogen and oxygen atoms in total. The van der Waals surface area contributed by atoms with E-state index in [4.69, 9.17) is 26.6 Å². The van der Waals surface area contributed by atoms with Gasteiger partial charge in [-0.05, 0) is 144 Å². The van der Waals surface area contributed by atoms with Gasteiger partial charge in [-0.15, -0.1) is 0 Å². The van der Waals surface area contributed by atoms with E-state index in [9.17, 15) is 9.59 Å². The van der Waals surface area contributed by atoms with Gasteiger partial charge in [0, 0.05) is 54.4 Å². The Bertz CT molecular complexity index is 3460. The Labute approximate surface area is 399 Å². The number of nitrogens with one attached hydrogen (secondary N) is 1. The molecule has 1 N–H and O–H groups in total. The van der Waals surface area contributed by atoms with Crippen molar-refractivity contribution in [2.24, 2.45) is 5.92 Å². The molecule has 4 atom stereocenters. The van der Waals surface area contributed by atoms with Crippen LogP contribution in [0.15, 0.2) is 77.5 Å². The van der Waals surface area contributed by atoms with Crippen LogP contribution in [0.2, 0.25) is 0 Å². The van der Waals surface area contributed by atoms with Gasteiger partial charge in [0.1, 0.15) is 29.2 Å². The summed E-state index contributed by atoms with van der Waals surface area (Å²) >= 11 is 5.30. The average Bonchev–Trinajstić information content (AvgIpc) is 3.90. The molecule has 2 aliphatic carbocycles. The maximum absolute atomic E-state index is 16.6. The molecule has 4 aromatic heterocycles. The van der Waals surface area contributed by atoms with E-state index in [1.807, 2.05) is 34.4 Å². The molecule has 0 radical (unpaired) electrons. The van der Waals surface area contributed by atoms with Crippen molar-refractivity contribution in [2.75, 3.05) is 23.0 Å². The van der Waals surface area contributed by atoms with Gasteiger partial charge in [-0.3, -0.25) is 19.3 Å². The lowest BCUT2D eigenvalue weighted by Gasteiger charge is -2.35. The second kappa shape index (κ2) is 15.5. The number of nitrogens with zero attached hydrogens (tertiary/aromatic N) is 9. The van der Waals surface area contributed by atoms with E-state index < -0.39 is 23.3 Å². The minimum Gasteiger partial charge on any atom is -0.376 e. The highest BCUT2D eigenvalue weighted by atomic mass is 32.1. The normalized spacial score (nSPS) is 23.0. The Kier molecular flexibility index (Phi) is 9.72. The fourth-order valence-electron chi connectivity index (χ4n) is 11.3. The SMILES string of the molecule is Cc1cc(-n2nc3c(c2N2C=CN(c4ccc5c(cnn5C5CC5)c4F)C2=C=O)[C@H](C)N(C(=O)c2cc4cc([C@H]5CCOC(C)(C)C5)ccc4n2[C@@]2(c4nc(=S)o[nH]4)C[C@@H]2C=O)CC3)cc(C)c1F. The highest BCUT2D eigenvalue weighted by Gasteiger charge is 2.61. The third-order valence-electron chi connectivity index (χ3n) is 15.0. The highest BCUT2D eigenvalue weighted by Crippen LogP contribution is 2.56. The molecular formula is C51H48F2N10O5S. The Balaban J connectivity index is 0.980. The number of aldehydes is 1. The number of halogens is 2. The number of anilines is 2. The Morgan fingerprint density at radius 1 is 0.986 bits per heavy atom. The molecule has 3 aromatic carbocycles. The average molecular weight is 951 g/mol. The first-order valence-corrected chi connectivity index (χ1v) is 23.8. The number of rotatable bonds is 9. The van der Waals surface area contributed by atoms with E-state index in [1.165, 1.54) is 11.1 Å².